The van der Waals surface area contributed by atoms with E-state index >= 15 is 0 Å². The van der Waals surface area contributed by atoms with Crippen molar-refractivity contribution in [2.24, 2.45) is 0 Å². The van der Waals surface area contributed by atoms with Crippen LogP contribution in [0, 0.1) is 5.82 Å². The molecule has 2 atom stereocenters. The molecule has 0 saturated carbocycles. The van der Waals surface area contributed by atoms with Crippen LogP contribution in [-0.4, -0.2) is 83.6 Å². The molecule has 12 nitrogen and oxygen atoms in total. The molecule has 0 fully saturated rings. The average Bonchev–Trinajstić information content (AvgIpc) is 3.66. The zero-order valence-electron chi connectivity index (χ0n) is 31.4. The van der Waals surface area contributed by atoms with E-state index in [1.165, 1.54) is 36.0 Å². The predicted molar refractivity (Wildman–Crippen MR) is 204 cm³/mol. The Kier molecular flexibility index (Phi) is 15.2. The molecule has 0 bridgehead atoms. The van der Waals surface area contributed by atoms with E-state index in [1.54, 1.807) is 17.0 Å². The fourth-order valence-electron chi connectivity index (χ4n) is 6.21. The minimum atomic E-state index is -4.40. The Morgan fingerprint density at radius 2 is 1.42 bits per heavy atom. The Morgan fingerprint density at radius 3 is 1.95 bits per heavy atom. The number of thioether (sulfide) groups is 1. The Labute approximate surface area is 330 Å². The zero-order chi connectivity index (χ0) is 42.1. The van der Waals surface area contributed by atoms with E-state index in [2.05, 4.69) is 10.3 Å². The summed E-state index contributed by atoms with van der Waals surface area (Å²) in [4.78, 5) is 52.8. The number of hydrogen-bond acceptors (Lipinski definition) is 9. The molecule has 0 aliphatic heterocycles. The summed E-state index contributed by atoms with van der Waals surface area (Å²) in [6.45, 7) is 7.53. The second-order valence-electron chi connectivity index (χ2n) is 14.0. The van der Waals surface area contributed by atoms with E-state index in [1.807, 2.05) is 49.6 Å². The van der Waals surface area contributed by atoms with Gasteiger partial charge in [-0.25, -0.2) is 14.0 Å². The molecule has 2 unspecified atom stereocenters. The maximum absolute atomic E-state index is 14.2. The number of aliphatic hydroxyl groups is 2. The molecule has 0 radical (unpaired) electrons. The van der Waals surface area contributed by atoms with Gasteiger partial charge in [-0.05, 0) is 86.2 Å². The quantitative estimate of drug-likeness (QED) is 0.0609. The monoisotopic (exact) mass is 816 g/mol. The molecule has 3 aromatic carbocycles. The number of aromatic nitrogens is 2. The fraction of sp³-hybridized carbons (Fsp3) is 0.375. The predicted octanol–water partition coefficient (Wildman–Crippen LogP) is 5.14. The van der Waals surface area contributed by atoms with Crippen molar-refractivity contribution in [3.8, 4) is 11.1 Å². The van der Waals surface area contributed by atoms with Gasteiger partial charge in [0.05, 0.1) is 5.56 Å². The molecule has 0 saturated heterocycles. The topological polar surface area (TPSA) is 182 Å². The maximum Gasteiger partial charge on any atom is 0.416 e. The molecule has 5 N–H and O–H groups in total. The van der Waals surface area contributed by atoms with Gasteiger partial charge in [-0.2, -0.15) is 18.2 Å². The van der Waals surface area contributed by atoms with E-state index in [-0.39, 0.29) is 23.8 Å². The second-order valence-corrected chi connectivity index (χ2v) is 14.9. The molecule has 306 valence electrons. The number of carboxylic acids is 2. The molecular weight excluding hydrogens is 773 g/mol. The Morgan fingerprint density at radius 1 is 0.877 bits per heavy atom. The first-order valence-corrected chi connectivity index (χ1v) is 18.9. The smallest absolute Gasteiger partial charge is 0.416 e. The Bertz CT molecular complexity index is 2060. The third-order valence-corrected chi connectivity index (χ3v) is 10.1. The van der Waals surface area contributed by atoms with Gasteiger partial charge >= 0.3 is 18.1 Å². The van der Waals surface area contributed by atoms with E-state index in [4.69, 9.17) is 20.4 Å². The van der Waals surface area contributed by atoms with Gasteiger partial charge in [0.2, 0.25) is 5.91 Å². The normalized spacial score (nSPS) is 13.6. The standard InChI is InChI=1S/C36H38F4N4O2S.C4H6O6/c1-4-41-35(2,3)23-43(20-24-8-12-26(13-9-24)27-14-16-28(17-15-27)36(38,39)40)32(45)21-44-31-7-5-6-30(31)33(46)42-34(44)47-22-25-10-18-29(37)19-11-25;5-1(3(7)8)2(6)4(9)10/h8-19,41H,4-7,20-23H2,1-3H3;1-2,5-6H,(H,7,8)(H,9,10). The number of hydrogen-bond donors (Lipinski definition) is 5. The number of carboxylic acid groups (broad SMARTS) is 2. The first kappa shape index (κ1) is 44.6. The highest BCUT2D eigenvalue weighted by Crippen LogP contribution is 2.31. The number of aliphatic carboxylic acids is 2. The van der Waals surface area contributed by atoms with Crippen LogP contribution in [-0.2, 0) is 52.2 Å². The van der Waals surface area contributed by atoms with Gasteiger partial charge in [-0.15, -0.1) is 0 Å². The van der Waals surface area contributed by atoms with Crippen molar-refractivity contribution in [3.63, 3.8) is 0 Å². The molecule has 1 heterocycles. The van der Waals surface area contributed by atoms with Gasteiger partial charge in [-0.1, -0.05) is 67.2 Å². The highest BCUT2D eigenvalue weighted by atomic mass is 32.2. The molecule has 1 aliphatic rings. The third kappa shape index (κ3) is 12.4. The molecule has 17 heteroatoms. The lowest BCUT2D eigenvalue weighted by Gasteiger charge is -2.34. The van der Waals surface area contributed by atoms with Crippen LogP contribution < -0.4 is 10.9 Å². The van der Waals surface area contributed by atoms with Crippen LogP contribution in [0.15, 0.2) is 82.7 Å². The largest absolute Gasteiger partial charge is 0.479 e. The van der Waals surface area contributed by atoms with Gasteiger partial charge < -0.3 is 35.2 Å². The molecule has 57 heavy (non-hydrogen) atoms. The minimum Gasteiger partial charge on any atom is -0.479 e. The second kappa shape index (κ2) is 19.4. The number of amides is 1. The summed E-state index contributed by atoms with van der Waals surface area (Å²) in [5.41, 5.74) is 3.32. The van der Waals surface area contributed by atoms with Crippen molar-refractivity contribution in [1.29, 1.82) is 0 Å². The summed E-state index contributed by atoms with van der Waals surface area (Å²) in [5, 5.41) is 36.4. The maximum atomic E-state index is 14.2. The van der Waals surface area contributed by atoms with Crippen LogP contribution in [0.1, 0.15) is 55.1 Å². The summed E-state index contributed by atoms with van der Waals surface area (Å²) in [7, 11) is 0. The minimum absolute atomic E-state index is 0.00715. The van der Waals surface area contributed by atoms with Crippen molar-refractivity contribution >= 4 is 29.6 Å². The number of benzene rings is 3. The highest BCUT2D eigenvalue weighted by Gasteiger charge is 2.31. The highest BCUT2D eigenvalue weighted by molar-refractivity contribution is 7.98. The van der Waals surface area contributed by atoms with Crippen LogP contribution in [0.2, 0.25) is 0 Å². The Balaban J connectivity index is 0.000000635. The van der Waals surface area contributed by atoms with Crippen LogP contribution in [0.3, 0.4) is 0 Å². The molecule has 5 rings (SSSR count). The molecule has 1 aromatic heterocycles. The van der Waals surface area contributed by atoms with Crippen LogP contribution >= 0.6 is 11.8 Å². The van der Waals surface area contributed by atoms with Crippen LogP contribution in [0.5, 0.6) is 0 Å². The molecule has 4 aromatic rings. The number of nitrogens with one attached hydrogen (secondary N) is 1. The van der Waals surface area contributed by atoms with Crippen molar-refractivity contribution in [2.75, 3.05) is 13.1 Å². The lowest BCUT2D eigenvalue weighted by atomic mass is 10.0. The van der Waals surface area contributed by atoms with Gasteiger partial charge in [0, 0.05) is 35.6 Å². The zero-order valence-corrected chi connectivity index (χ0v) is 32.2. The summed E-state index contributed by atoms with van der Waals surface area (Å²) >= 11 is 1.35. The SMILES string of the molecule is CCNC(C)(C)CN(Cc1ccc(-c2ccc(C(F)(F)F)cc2)cc1)C(=O)Cn1c(SCc2ccc(F)cc2)nc(=O)c2c1CCC2.O=C(O)C(O)C(O)C(=O)O. The fourth-order valence-corrected chi connectivity index (χ4v) is 7.18. The van der Waals surface area contributed by atoms with Crippen molar-refractivity contribution < 1.29 is 52.4 Å². The number of nitrogens with zero attached hydrogens (tertiary/aromatic N) is 3. The van der Waals surface area contributed by atoms with Gasteiger partial charge in [0.15, 0.2) is 17.4 Å². The van der Waals surface area contributed by atoms with Crippen molar-refractivity contribution in [3.05, 3.63) is 117 Å². The summed E-state index contributed by atoms with van der Waals surface area (Å²) < 4.78 is 54.4. The molecule has 0 spiro atoms. The number of halogens is 4. The van der Waals surface area contributed by atoms with Gasteiger partial charge in [0.25, 0.3) is 5.56 Å². The third-order valence-electron chi connectivity index (χ3n) is 9.05. The summed E-state index contributed by atoms with van der Waals surface area (Å²) in [6.07, 6.45) is -6.81. The number of fused-ring (bicyclic) bond motifs is 1. The first-order valence-electron chi connectivity index (χ1n) is 17.9. The number of alkyl halides is 3. The number of carbonyl (C=O) groups is 3. The van der Waals surface area contributed by atoms with E-state index in [9.17, 15) is 36.7 Å². The van der Waals surface area contributed by atoms with Crippen LogP contribution in [0.25, 0.3) is 11.1 Å². The van der Waals surface area contributed by atoms with Crippen molar-refractivity contribution in [2.45, 2.75) is 88.0 Å². The summed E-state index contributed by atoms with van der Waals surface area (Å²) in [6, 6.07) is 18.7. The average molecular weight is 817 g/mol. The summed E-state index contributed by atoms with van der Waals surface area (Å²) in [5.74, 6) is -3.54. The van der Waals surface area contributed by atoms with Gasteiger partial charge in [-0.3, -0.25) is 9.59 Å². The first-order chi connectivity index (χ1) is 26.8. The van der Waals surface area contributed by atoms with E-state index < -0.39 is 41.4 Å². The lowest BCUT2D eigenvalue weighted by Crippen LogP contribution is -2.51. The molecule has 1 aliphatic carbocycles. The van der Waals surface area contributed by atoms with E-state index in [0.29, 0.717) is 48.0 Å². The van der Waals surface area contributed by atoms with Crippen molar-refractivity contribution in [1.82, 2.24) is 19.8 Å². The number of rotatable bonds is 15. The molecular formula is C40H44F4N4O8S. The van der Waals surface area contributed by atoms with E-state index in [0.717, 1.165) is 47.5 Å². The number of aliphatic hydroxyl groups excluding tert-OH is 2. The molecule has 1 amide bonds. The lowest BCUT2D eigenvalue weighted by molar-refractivity contribution is -0.165. The number of likely N-dealkylation sites (N-methyl/N-ethyl adjacent to an activating group) is 1. The Hall–Kier alpha value is -5.10. The number of carbonyl (C=O) groups excluding carboxylic acids is 1. The van der Waals surface area contributed by atoms with Crippen LogP contribution in [0.4, 0.5) is 17.6 Å². The van der Waals surface area contributed by atoms with Gasteiger partial charge in [0.1, 0.15) is 12.4 Å².